The zero-order valence-electron chi connectivity index (χ0n) is 24.5. The number of aromatic hydroxyl groups is 1. The summed E-state index contributed by atoms with van der Waals surface area (Å²) < 4.78 is 11.7. The predicted molar refractivity (Wildman–Crippen MR) is 161 cm³/mol. The van der Waals surface area contributed by atoms with Gasteiger partial charge in [-0.15, -0.1) is 0 Å². The Bertz CT molecular complexity index is 1580. The van der Waals surface area contributed by atoms with Crippen molar-refractivity contribution in [2.24, 2.45) is 5.41 Å². The summed E-state index contributed by atoms with van der Waals surface area (Å²) in [4.78, 5) is 46.0. The normalized spacial score (nSPS) is 16.8. The van der Waals surface area contributed by atoms with Gasteiger partial charge in [0, 0.05) is 30.9 Å². The first-order valence-corrected chi connectivity index (χ1v) is 14.4. The average molecular weight is 608 g/mol. The van der Waals surface area contributed by atoms with Crippen LogP contribution in [0, 0.1) is 5.41 Å². The van der Waals surface area contributed by atoms with Gasteiger partial charge in [0.1, 0.15) is 23.8 Å². The number of benzene rings is 2. The van der Waals surface area contributed by atoms with Gasteiger partial charge in [0.05, 0.1) is 16.0 Å². The number of rotatable bonds is 7. The van der Waals surface area contributed by atoms with Crippen molar-refractivity contribution in [3.8, 4) is 28.5 Å². The first-order valence-electron chi connectivity index (χ1n) is 14.0. The van der Waals surface area contributed by atoms with Gasteiger partial charge < -0.3 is 29.5 Å². The van der Waals surface area contributed by atoms with Crippen molar-refractivity contribution in [2.45, 2.75) is 52.2 Å². The van der Waals surface area contributed by atoms with E-state index in [-0.39, 0.29) is 35.8 Å². The molecule has 0 spiro atoms. The van der Waals surface area contributed by atoms with Crippen LogP contribution in [0.1, 0.15) is 50.9 Å². The number of likely N-dealkylation sites (tertiary alicyclic amines) is 1. The van der Waals surface area contributed by atoms with E-state index in [4.69, 9.17) is 21.1 Å². The molecular weight excluding hydrogens is 574 g/mol. The van der Waals surface area contributed by atoms with Crippen LogP contribution in [0.3, 0.4) is 0 Å². The van der Waals surface area contributed by atoms with E-state index in [0.717, 1.165) is 0 Å². The lowest BCUT2D eigenvalue weighted by atomic mass is 9.95. The maximum absolute atomic E-state index is 13.5. The fourth-order valence-corrected chi connectivity index (χ4v) is 5.40. The van der Waals surface area contributed by atoms with Crippen molar-refractivity contribution in [1.82, 2.24) is 9.88 Å². The van der Waals surface area contributed by atoms with Gasteiger partial charge in [-0.3, -0.25) is 14.4 Å². The van der Waals surface area contributed by atoms with Crippen molar-refractivity contribution >= 4 is 35.1 Å². The average Bonchev–Trinajstić information content (AvgIpc) is 2.97. The van der Waals surface area contributed by atoms with E-state index in [1.807, 2.05) is 6.07 Å². The largest absolute Gasteiger partial charge is 0.507 e. The summed E-state index contributed by atoms with van der Waals surface area (Å²) in [7, 11) is 0. The molecule has 0 saturated carbocycles. The number of ether oxygens (including phenoxy) is 2. The number of piperidine rings is 1. The SMILES string of the molecule is CC(C)(COc1ccccc1-c1ccc(C(=O)N2CCC(N3C(=O)C(C)(C)Oc4ncc(Cl)cc43)CC2)c(O)c1)C(=O)O. The van der Waals surface area contributed by atoms with E-state index >= 15 is 0 Å². The number of carboxylic acid groups (broad SMARTS) is 1. The van der Waals surface area contributed by atoms with Crippen LogP contribution >= 0.6 is 11.6 Å². The molecule has 2 aliphatic heterocycles. The first-order chi connectivity index (χ1) is 20.3. The van der Waals surface area contributed by atoms with Gasteiger partial charge in [0.2, 0.25) is 5.88 Å². The zero-order valence-corrected chi connectivity index (χ0v) is 25.2. The van der Waals surface area contributed by atoms with Gasteiger partial charge in [-0.1, -0.05) is 35.9 Å². The predicted octanol–water partition coefficient (Wildman–Crippen LogP) is 5.41. The number of fused-ring (bicyclic) bond motifs is 1. The van der Waals surface area contributed by atoms with Crippen LogP contribution in [0.2, 0.25) is 5.02 Å². The summed E-state index contributed by atoms with van der Waals surface area (Å²) in [5.41, 5.74) is -0.215. The molecule has 0 aliphatic carbocycles. The van der Waals surface area contributed by atoms with E-state index in [9.17, 15) is 24.6 Å². The number of amides is 2. The molecule has 5 rings (SSSR count). The maximum Gasteiger partial charge on any atom is 0.312 e. The van der Waals surface area contributed by atoms with Gasteiger partial charge in [0.15, 0.2) is 5.60 Å². The van der Waals surface area contributed by atoms with Crippen LogP contribution in [-0.2, 0) is 9.59 Å². The Hall–Kier alpha value is -4.31. The van der Waals surface area contributed by atoms with Crippen LogP contribution in [0.5, 0.6) is 17.4 Å². The molecule has 0 atom stereocenters. The number of hydrogen-bond acceptors (Lipinski definition) is 7. The second kappa shape index (κ2) is 11.4. The number of anilines is 1. The molecule has 43 heavy (non-hydrogen) atoms. The van der Waals surface area contributed by atoms with Crippen LogP contribution in [-0.4, -0.2) is 69.2 Å². The molecule has 226 valence electrons. The lowest BCUT2D eigenvalue weighted by molar-refractivity contribution is -0.148. The minimum absolute atomic E-state index is 0.0411. The Labute approximate surface area is 254 Å². The Balaban J connectivity index is 1.30. The summed E-state index contributed by atoms with van der Waals surface area (Å²) in [5, 5.41) is 20.7. The molecule has 2 aliphatic rings. The molecule has 0 radical (unpaired) electrons. The number of aliphatic carboxylic acids is 1. The molecule has 2 N–H and O–H groups in total. The summed E-state index contributed by atoms with van der Waals surface area (Å²) in [6, 6.07) is 13.4. The molecule has 3 aromatic rings. The van der Waals surface area contributed by atoms with Crippen molar-refractivity contribution in [3.63, 3.8) is 0 Å². The fourth-order valence-electron chi connectivity index (χ4n) is 5.24. The summed E-state index contributed by atoms with van der Waals surface area (Å²) >= 11 is 6.19. The topological polar surface area (TPSA) is 130 Å². The highest BCUT2D eigenvalue weighted by Gasteiger charge is 2.45. The number of para-hydroxylation sites is 1. The molecule has 2 amide bonds. The van der Waals surface area contributed by atoms with Crippen molar-refractivity contribution in [2.75, 3.05) is 24.6 Å². The fraction of sp³-hybridized carbons (Fsp3) is 0.375. The number of carboxylic acids is 1. The minimum atomic E-state index is -1.09. The van der Waals surface area contributed by atoms with Gasteiger partial charge >= 0.3 is 5.97 Å². The van der Waals surface area contributed by atoms with Gasteiger partial charge in [-0.25, -0.2) is 4.98 Å². The third-order valence-electron chi connectivity index (χ3n) is 7.85. The lowest BCUT2D eigenvalue weighted by Crippen LogP contribution is -2.58. The molecule has 11 heteroatoms. The third kappa shape index (κ3) is 5.97. The first kappa shape index (κ1) is 30.2. The van der Waals surface area contributed by atoms with E-state index in [1.54, 1.807) is 73.9 Å². The number of hydrogen-bond donors (Lipinski definition) is 2. The summed E-state index contributed by atoms with van der Waals surface area (Å²) in [6.45, 7) is 7.30. The molecule has 1 saturated heterocycles. The van der Waals surface area contributed by atoms with Gasteiger partial charge in [-0.05, 0) is 70.4 Å². The highest BCUT2D eigenvalue weighted by molar-refractivity contribution is 6.31. The van der Waals surface area contributed by atoms with E-state index in [0.29, 0.717) is 59.4 Å². The molecular formula is C32H34ClN3O7. The number of pyridine rings is 1. The smallest absolute Gasteiger partial charge is 0.312 e. The molecule has 0 unspecified atom stereocenters. The number of carbonyl (C=O) groups excluding carboxylic acids is 2. The van der Waals surface area contributed by atoms with Crippen LogP contribution in [0.15, 0.2) is 54.7 Å². The quantitative estimate of drug-likeness (QED) is 0.365. The highest BCUT2D eigenvalue weighted by Crippen LogP contribution is 2.41. The van der Waals surface area contributed by atoms with E-state index < -0.39 is 17.0 Å². The van der Waals surface area contributed by atoms with Crippen molar-refractivity contribution < 1.29 is 34.1 Å². The Morgan fingerprint density at radius 2 is 1.84 bits per heavy atom. The standard InChI is InChI=1S/C32H34ClN3O7/c1-31(2,30(40)41)18-42-26-8-6-5-7-22(26)19-9-10-23(25(37)15-19)28(38)35-13-11-21(12-14-35)36-24-16-20(33)17-34-27(24)43-32(3,4)29(36)39/h5-10,15-17,21,37H,11-14,18H2,1-4H3,(H,40,41). The number of nitrogens with zero attached hydrogens (tertiary/aromatic N) is 3. The molecule has 1 aromatic heterocycles. The Morgan fingerprint density at radius 1 is 1.14 bits per heavy atom. The number of carbonyl (C=O) groups is 3. The van der Waals surface area contributed by atoms with Gasteiger partial charge in [0.25, 0.3) is 11.8 Å². The molecule has 3 heterocycles. The number of halogens is 1. The van der Waals surface area contributed by atoms with E-state index in [1.165, 1.54) is 12.3 Å². The summed E-state index contributed by atoms with van der Waals surface area (Å²) in [6.07, 6.45) is 2.53. The second-order valence-electron chi connectivity index (χ2n) is 12.0. The highest BCUT2D eigenvalue weighted by atomic mass is 35.5. The van der Waals surface area contributed by atoms with Crippen LogP contribution < -0.4 is 14.4 Å². The number of aromatic nitrogens is 1. The van der Waals surface area contributed by atoms with Crippen LogP contribution in [0.25, 0.3) is 11.1 Å². The molecule has 10 nitrogen and oxygen atoms in total. The Morgan fingerprint density at radius 3 is 2.51 bits per heavy atom. The third-order valence-corrected chi connectivity index (χ3v) is 8.06. The second-order valence-corrected chi connectivity index (χ2v) is 12.4. The lowest BCUT2D eigenvalue weighted by Gasteiger charge is -2.44. The molecule has 1 fully saturated rings. The maximum atomic E-state index is 13.5. The monoisotopic (exact) mass is 607 g/mol. The van der Waals surface area contributed by atoms with Crippen LogP contribution in [0.4, 0.5) is 5.69 Å². The minimum Gasteiger partial charge on any atom is -0.507 e. The molecule has 2 aromatic carbocycles. The molecule has 0 bridgehead atoms. The van der Waals surface area contributed by atoms with Crippen molar-refractivity contribution in [1.29, 1.82) is 0 Å². The Kier molecular flexibility index (Phi) is 8.00. The number of phenolic OH excluding ortho intramolecular Hbond substituents is 1. The zero-order chi connectivity index (χ0) is 31.1. The van der Waals surface area contributed by atoms with E-state index in [2.05, 4.69) is 4.98 Å². The number of phenols is 1. The van der Waals surface area contributed by atoms with Gasteiger partial charge in [-0.2, -0.15) is 0 Å². The summed E-state index contributed by atoms with van der Waals surface area (Å²) in [5.74, 6) is -0.843. The van der Waals surface area contributed by atoms with Crippen molar-refractivity contribution in [3.05, 3.63) is 65.3 Å².